The van der Waals surface area contributed by atoms with Crippen molar-refractivity contribution in [3.63, 3.8) is 0 Å². The van der Waals surface area contributed by atoms with Gasteiger partial charge in [0.25, 0.3) is 0 Å². The van der Waals surface area contributed by atoms with Crippen molar-refractivity contribution in [2.24, 2.45) is 0 Å². The second-order valence-corrected chi connectivity index (χ2v) is 3.34. The molecule has 0 saturated heterocycles. The van der Waals surface area contributed by atoms with Gasteiger partial charge >= 0.3 is 5.97 Å². The summed E-state index contributed by atoms with van der Waals surface area (Å²) in [4.78, 5) is 10.9. The molecule has 0 amide bonds. The van der Waals surface area contributed by atoms with E-state index in [1.807, 2.05) is 0 Å². The minimum atomic E-state index is -1.06. The van der Waals surface area contributed by atoms with Crippen molar-refractivity contribution in [2.45, 2.75) is 6.04 Å². The molecule has 1 atom stereocenters. The average molecular weight is 243 g/mol. The summed E-state index contributed by atoms with van der Waals surface area (Å²) in [7, 11) is 2.78. The van der Waals surface area contributed by atoms with Gasteiger partial charge in [-0.25, -0.2) is 9.18 Å². The molecule has 0 saturated carbocycles. The Bertz CT molecular complexity index is 397. The zero-order chi connectivity index (χ0) is 12.8. The molecule has 6 heteroatoms. The van der Waals surface area contributed by atoms with Crippen LogP contribution in [0.3, 0.4) is 0 Å². The second-order valence-electron chi connectivity index (χ2n) is 3.34. The molecule has 0 radical (unpaired) electrons. The summed E-state index contributed by atoms with van der Waals surface area (Å²) < 4.78 is 22.7. The number of carbonyl (C=O) groups is 1. The third-order valence-corrected chi connectivity index (χ3v) is 2.12. The van der Waals surface area contributed by atoms with E-state index >= 15 is 0 Å². The zero-order valence-corrected chi connectivity index (χ0v) is 9.57. The van der Waals surface area contributed by atoms with Gasteiger partial charge in [-0.15, -0.1) is 0 Å². The first-order chi connectivity index (χ1) is 8.08. The van der Waals surface area contributed by atoms with Crippen molar-refractivity contribution >= 4 is 11.7 Å². The van der Waals surface area contributed by atoms with Crippen molar-refractivity contribution in [2.75, 3.05) is 26.1 Å². The second kappa shape index (κ2) is 6.05. The maximum Gasteiger partial charge on any atom is 0.328 e. The van der Waals surface area contributed by atoms with Crippen LogP contribution in [0.25, 0.3) is 0 Å². The van der Waals surface area contributed by atoms with Gasteiger partial charge in [0.15, 0.2) is 0 Å². The van der Waals surface area contributed by atoms with Crippen molar-refractivity contribution in [3.05, 3.63) is 24.0 Å². The van der Waals surface area contributed by atoms with E-state index in [2.05, 4.69) is 5.32 Å². The van der Waals surface area contributed by atoms with E-state index in [9.17, 15) is 9.18 Å². The van der Waals surface area contributed by atoms with Crippen LogP contribution >= 0.6 is 0 Å². The number of anilines is 1. The number of benzene rings is 1. The highest BCUT2D eigenvalue weighted by atomic mass is 19.1. The quantitative estimate of drug-likeness (QED) is 0.789. The highest BCUT2D eigenvalue weighted by Gasteiger charge is 2.18. The molecular weight excluding hydrogens is 229 g/mol. The summed E-state index contributed by atoms with van der Waals surface area (Å²) in [6.45, 7) is -0.00410. The van der Waals surface area contributed by atoms with Crippen LogP contribution in [0, 0.1) is 5.82 Å². The van der Waals surface area contributed by atoms with Crippen molar-refractivity contribution in [1.82, 2.24) is 0 Å². The fourth-order valence-electron chi connectivity index (χ4n) is 1.31. The Hall–Kier alpha value is -1.82. The molecule has 2 N–H and O–H groups in total. The number of nitrogens with one attached hydrogen (secondary N) is 1. The number of halogens is 1. The van der Waals surface area contributed by atoms with E-state index in [4.69, 9.17) is 14.6 Å². The Morgan fingerprint density at radius 2 is 2.24 bits per heavy atom. The number of carboxylic acids is 1. The summed E-state index contributed by atoms with van der Waals surface area (Å²) in [5, 5.41) is 11.6. The van der Waals surface area contributed by atoms with E-state index < -0.39 is 17.8 Å². The minimum Gasteiger partial charge on any atom is -0.494 e. The van der Waals surface area contributed by atoms with Crippen LogP contribution < -0.4 is 10.1 Å². The SMILES string of the molecule is COCC(Nc1ccc(F)cc1OC)C(=O)O. The summed E-state index contributed by atoms with van der Waals surface area (Å²) in [5.41, 5.74) is 0.401. The molecule has 1 aromatic carbocycles. The van der Waals surface area contributed by atoms with E-state index in [1.54, 1.807) is 0 Å². The number of carboxylic acid groups (broad SMARTS) is 1. The maximum atomic E-state index is 12.9. The maximum absolute atomic E-state index is 12.9. The molecule has 1 unspecified atom stereocenters. The van der Waals surface area contributed by atoms with Gasteiger partial charge in [0.1, 0.15) is 17.6 Å². The molecule has 0 aliphatic rings. The molecule has 1 rings (SSSR count). The Morgan fingerprint density at radius 1 is 1.53 bits per heavy atom. The normalized spacial score (nSPS) is 11.9. The van der Waals surface area contributed by atoms with Crippen LogP contribution in [-0.4, -0.2) is 37.9 Å². The molecule has 5 nitrogen and oxygen atoms in total. The number of aliphatic carboxylic acids is 1. The molecular formula is C11H14FNO4. The van der Waals surface area contributed by atoms with Gasteiger partial charge < -0.3 is 19.9 Å². The van der Waals surface area contributed by atoms with E-state index in [0.717, 1.165) is 0 Å². The van der Waals surface area contributed by atoms with Crippen LogP contribution in [0.2, 0.25) is 0 Å². The van der Waals surface area contributed by atoms with Crippen molar-refractivity contribution in [1.29, 1.82) is 0 Å². The van der Waals surface area contributed by atoms with Crippen molar-refractivity contribution < 1.29 is 23.8 Å². The predicted molar refractivity (Wildman–Crippen MR) is 59.9 cm³/mol. The third kappa shape index (κ3) is 3.60. The van der Waals surface area contributed by atoms with Crippen LogP contribution in [-0.2, 0) is 9.53 Å². The minimum absolute atomic E-state index is 0.00410. The fourth-order valence-corrected chi connectivity index (χ4v) is 1.31. The molecule has 1 aromatic rings. The van der Waals surface area contributed by atoms with E-state index in [1.165, 1.54) is 32.4 Å². The van der Waals surface area contributed by atoms with E-state index in [-0.39, 0.29) is 12.4 Å². The van der Waals surface area contributed by atoms with Gasteiger partial charge in [0.2, 0.25) is 0 Å². The summed E-state index contributed by atoms with van der Waals surface area (Å²) in [5.74, 6) is -1.27. The van der Waals surface area contributed by atoms with Gasteiger partial charge in [-0.1, -0.05) is 0 Å². The average Bonchev–Trinajstić information content (AvgIpc) is 2.30. The topological polar surface area (TPSA) is 67.8 Å². The van der Waals surface area contributed by atoms with Crippen LogP contribution in [0.1, 0.15) is 0 Å². The largest absolute Gasteiger partial charge is 0.494 e. The van der Waals surface area contributed by atoms with Gasteiger partial charge in [0.05, 0.1) is 19.4 Å². The smallest absolute Gasteiger partial charge is 0.328 e. The first kappa shape index (κ1) is 13.2. The number of hydrogen-bond donors (Lipinski definition) is 2. The molecule has 17 heavy (non-hydrogen) atoms. The summed E-state index contributed by atoms with van der Waals surface area (Å²) in [6, 6.07) is 2.89. The lowest BCUT2D eigenvalue weighted by molar-refractivity contribution is -0.139. The predicted octanol–water partition coefficient (Wildman–Crippen LogP) is 1.35. The number of methoxy groups -OCH3 is 2. The molecule has 0 aromatic heterocycles. The highest BCUT2D eigenvalue weighted by Crippen LogP contribution is 2.25. The molecule has 0 bridgehead atoms. The fraction of sp³-hybridized carbons (Fsp3) is 0.364. The van der Waals surface area contributed by atoms with E-state index in [0.29, 0.717) is 5.69 Å². The Labute approximate surface area is 98.2 Å². The standard InChI is InChI=1S/C11H14FNO4/c1-16-6-9(11(14)15)13-8-4-3-7(12)5-10(8)17-2/h3-5,9,13H,6H2,1-2H3,(H,14,15). The van der Waals surface area contributed by atoms with Gasteiger partial charge in [-0.05, 0) is 12.1 Å². The third-order valence-electron chi connectivity index (χ3n) is 2.12. The summed E-state index contributed by atoms with van der Waals surface area (Å²) in [6.07, 6.45) is 0. The van der Waals surface area contributed by atoms with Gasteiger partial charge in [0, 0.05) is 13.2 Å². The molecule has 0 fully saturated rings. The lowest BCUT2D eigenvalue weighted by atomic mass is 10.2. The highest BCUT2D eigenvalue weighted by molar-refractivity contribution is 5.78. The molecule has 94 valence electrons. The lowest BCUT2D eigenvalue weighted by Crippen LogP contribution is -2.33. The molecule has 0 spiro atoms. The first-order valence-electron chi connectivity index (χ1n) is 4.90. The molecule has 0 aliphatic carbocycles. The van der Waals surface area contributed by atoms with Crippen LogP contribution in [0.15, 0.2) is 18.2 Å². The van der Waals surface area contributed by atoms with Crippen molar-refractivity contribution in [3.8, 4) is 5.75 Å². The monoisotopic (exact) mass is 243 g/mol. The Kier molecular flexibility index (Phi) is 4.71. The van der Waals surface area contributed by atoms with Crippen LogP contribution in [0.5, 0.6) is 5.75 Å². The number of ether oxygens (including phenoxy) is 2. The molecule has 0 aliphatic heterocycles. The molecule has 0 heterocycles. The number of rotatable bonds is 6. The Morgan fingerprint density at radius 3 is 2.76 bits per heavy atom. The van der Waals surface area contributed by atoms with Gasteiger partial charge in [-0.3, -0.25) is 0 Å². The van der Waals surface area contributed by atoms with Gasteiger partial charge in [-0.2, -0.15) is 0 Å². The Balaban J connectivity index is 2.88. The first-order valence-corrected chi connectivity index (χ1v) is 4.90. The number of hydrogen-bond acceptors (Lipinski definition) is 4. The summed E-state index contributed by atoms with van der Waals surface area (Å²) >= 11 is 0. The zero-order valence-electron chi connectivity index (χ0n) is 9.57. The van der Waals surface area contributed by atoms with Crippen LogP contribution in [0.4, 0.5) is 10.1 Å². The lowest BCUT2D eigenvalue weighted by Gasteiger charge is -2.17.